The number of rotatable bonds is 5. The van der Waals surface area contributed by atoms with E-state index < -0.39 is 0 Å². The molecule has 1 heterocycles. The molecule has 1 aliphatic heterocycles. The Morgan fingerprint density at radius 2 is 2.21 bits per heavy atom. The zero-order chi connectivity index (χ0) is 13.2. The zero-order valence-corrected chi connectivity index (χ0v) is 10.7. The maximum atomic E-state index is 11.7. The highest BCUT2D eigenvalue weighted by molar-refractivity contribution is 6.03. The van der Waals surface area contributed by atoms with Crippen molar-refractivity contribution in [3.8, 4) is 0 Å². The molecule has 19 heavy (non-hydrogen) atoms. The first-order valence-corrected chi connectivity index (χ1v) is 6.64. The lowest BCUT2D eigenvalue weighted by atomic mass is 10.1. The topological polar surface area (TPSA) is 70.2 Å². The van der Waals surface area contributed by atoms with E-state index in [0.717, 1.165) is 17.8 Å². The van der Waals surface area contributed by atoms with Crippen molar-refractivity contribution in [2.45, 2.75) is 19.4 Å². The van der Waals surface area contributed by atoms with Crippen molar-refractivity contribution in [2.24, 2.45) is 5.92 Å². The summed E-state index contributed by atoms with van der Waals surface area (Å²) in [5.41, 5.74) is 2.37. The molecule has 0 bridgehead atoms. The van der Waals surface area contributed by atoms with E-state index in [-0.39, 0.29) is 18.4 Å². The Hall–Kier alpha value is -2.04. The quantitative estimate of drug-likeness (QED) is 0.735. The highest BCUT2D eigenvalue weighted by Gasteiger charge is 2.23. The Morgan fingerprint density at radius 3 is 3.00 bits per heavy atom. The number of carbonyl (C=O) groups excluding carboxylic acids is 2. The van der Waals surface area contributed by atoms with Gasteiger partial charge in [-0.05, 0) is 30.4 Å². The number of hydrogen-bond donors (Lipinski definition) is 3. The van der Waals surface area contributed by atoms with Crippen LogP contribution >= 0.6 is 0 Å². The average molecular weight is 259 g/mol. The maximum absolute atomic E-state index is 11.7. The van der Waals surface area contributed by atoms with E-state index in [1.807, 2.05) is 18.2 Å². The van der Waals surface area contributed by atoms with Crippen LogP contribution in [-0.2, 0) is 11.3 Å². The average Bonchev–Trinajstić information content (AvgIpc) is 3.17. The molecule has 0 atom stereocenters. The largest absolute Gasteiger partial charge is 0.376 e. The van der Waals surface area contributed by atoms with Gasteiger partial charge in [-0.3, -0.25) is 9.59 Å². The number of fused-ring (bicyclic) bond motifs is 1. The fraction of sp³-hybridized carbons (Fsp3) is 0.429. The van der Waals surface area contributed by atoms with Crippen molar-refractivity contribution < 1.29 is 9.59 Å². The minimum absolute atomic E-state index is 0.0251. The predicted octanol–water partition coefficient (Wildman–Crippen LogP) is 0.868. The lowest BCUT2D eigenvalue weighted by molar-refractivity contribution is -0.119. The summed E-state index contributed by atoms with van der Waals surface area (Å²) in [5, 5.41) is 8.72. The van der Waals surface area contributed by atoms with Gasteiger partial charge in [0.15, 0.2) is 0 Å². The van der Waals surface area contributed by atoms with Gasteiger partial charge in [0.2, 0.25) is 5.91 Å². The number of hydrogen-bond acceptors (Lipinski definition) is 3. The van der Waals surface area contributed by atoms with E-state index in [4.69, 9.17) is 0 Å². The van der Waals surface area contributed by atoms with E-state index in [1.54, 1.807) is 0 Å². The van der Waals surface area contributed by atoms with E-state index >= 15 is 0 Å². The van der Waals surface area contributed by atoms with Crippen molar-refractivity contribution in [3.05, 3.63) is 29.3 Å². The predicted molar refractivity (Wildman–Crippen MR) is 71.8 cm³/mol. The second-order valence-corrected chi connectivity index (χ2v) is 5.12. The molecule has 100 valence electrons. The highest BCUT2D eigenvalue weighted by Crippen LogP contribution is 2.27. The van der Waals surface area contributed by atoms with Gasteiger partial charge in [0.1, 0.15) is 0 Å². The van der Waals surface area contributed by atoms with Crippen LogP contribution in [0.4, 0.5) is 5.69 Å². The molecule has 1 aromatic rings. The Bertz CT molecular complexity index is 523. The van der Waals surface area contributed by atoms with Crippen LogP contribution in [0.25, 0.3) is 0 Å². The summed E-state index contributed by atoms with van der Waals surface area (Å²) in [6, 6.07) is 5.65. The van der Waals surface area contributed by atoms with Crippen molar-refractivity contribution in [1.82, 2.24) is 10.6 Å². The second kappa shape index (κ2) is 4.91. The third-order valence-electron chi connectivity index (χ3n) is 3.54. The number of benzene rings is 1. The smallest absolute Gasteiger partial charge is 0.253 e. The van der Waals surface area contributed by atoms with Crippen molar-refractivity contribution >= 4 is 17.5 Å². The fourth-order valence-corrected chi connectivity index (χ4v) is 2.24. The number of anilines is 1. The summed E-state index contributed by atoms with van der Waals surface area (Å²) < 4.78 is 0. The molecule has 1 aromatic carbocycles. The van der Waals surface area contributed by atoms with Crippen LogP contribution in [0.5, 0.6) is 0 Å². The minimum Gasteiger partial charge on any atom is -0.376 e. The van der Waals surface area contributed by atoms with Gasteiger partial charge < -0.3 is 16.0 Å². The standard InChI is InChI=1S/C14H17N3O2/c18-12(16-6-9-4-5-9)8-15-11-3-1-2-10-7-17-14(19)13(10)11/h1-3,9,15H,4-8H2,(H,16,18)(H,17,19). The number of nitrogens with one attached hydrogen (secondary N) is 3. The van der Waals surface area contributed by atoms with Crippen molar-refractivity contribution in [1.29, 1.82) is 0 Å². The monoisotopic (exact) mass is 259 g/mol. The summed E-state index contributed by atoms with van der Waals surface area (Å²) in [6.07, 6.45) is 2.44. The van der Waals surface area contributed by atoms with Gasteiger partial charge in [-0.2, -0.15) is 0 Å². The van der Waals surface area contributed by atoms with Gasteiger partial charge in [-0.1, -0.05) is 12.1 Å². The maximum Gasteiger partial charge on any atom is 0.253 e. The summed E-state index contributed by atoms with van der Waals surface area (Å²) in [5.74, 6) is 0.579. The van der Waals surface area contributed by atoms with Gasteiger partial charge in [0, 0.05) is 18.8 Å². The molecule has 2 amide bonds. The first-order valence-electron chi connectivity index (χ1n) is 6.64. The van der Waals surface area contributed by atoms with Crippen LogP contribution in [0.1, 0.15) is 28.8 Å². The molecule has 0 radical (unpaired) electrons. The molecule has 0 unspecified atom stereocenters. The fourth-order valence-electron chi connectivity index (χ4n) is 2.24. The molecular formula is C14H17N3O2. The van der Waals surface area contributed by atoms with Crippen LogP contribution in [-0.4, -0.2) is 24.9 Å². The highest BCUT2D eigenvalue weighted by atomic mass is 16.2. The van der Waals surface area contributed by atoms with Gasteiger partial charge in [-0.25, -0.2) is 0 Å². The molecule has 0 aromatic heterocycles. The van der Waals surface area contributed by atoms with E-state index in [2.05, 4.69) is 16.0 Å². The second-order valence-electron chi connectivity index (χ2n) is 5.12. The number of carbonyl (C=O) groups is 2. The van der Waals surface area contributed by atoms with Crippen LogP contribution in [0.3, 0.4) is 0 Å². The van der Waals surface area contributed by atoms with Crippen LogP contribution < -0.4 is 16.0 Å². The number of amides is 2. The molecule has 2 aliphatic rings. The summed E-state index contributed by atoms with van der Waals surface area (Å²) in [6.45, 7) is 1.54. The Morgan fingerprint density at radius 1 is 1.37 bits per heavy atom. The van der Waals surface area contributed by atoms with E-state index in [9.17, 15) is 9.59 Å². The zero-order valence-electron chi connectivity index (χ0n) is 10.7. The Kier molecular flexibility index (Phi) is 3.11. The van der Waals surface area contributed by atoms with Crippen LogP contribution in [0.2, 0.25) is 0 Å². The first-order chi connectivity index (χ1) is 9.24. The summed E-state index contributed by atoms with van der Waals surface area (Å²) in [7, 11) is 0. The molecule has 3 rings (SSSR count). The molecule has 3 N–H and O–H groups in total. The summed E-state index contributed by atoms with van der Waals surface area (Å²) >= 11 is 0. The lowest BCUT2D eigenvalue weighted by Gasteiger charge is -2.10. The van der Waals surface area contributed by atoms with Crippen LogP contribution in [0, 0.1) is 5.92 Å². The van der Waals surface area contributed by atoms with Crippen molar-refractivity contribution in [2.75, 3.05) is 18.4 Å². The van der Waals surface area contributed by atoms with Gasteiger partial charge in [0.25, 0.3) is 5.91 Å². The SMILES string of the molecule is O=C(CNc1cccc2c1C(=O)NC2)NCC1CC1. The molecule has 1 aliphatic carbocycles. The Balaban J connectivity index is 1.59. The van der Waals surface area contributed by atoms with Crippen LogP contribution in [0.15, 0.2) is 18.2 Å². The van der Waals surface area contributed by atoms with Gasteiger partial charge in [-0.15, -0.1) is 0 Å². The van der Waals surface area contributed by atoms with Crippen molar-refractivity contribution in [3.63, 3.8) is 0 Å². The molecule has 1 fully saturated rings. The van der Waals surface area contributed by atoms with Gasteiger partial charge >= 0.3 is 0 Å². The molecule has 5 heteroatoms. The third kappa shape index (κ3) is 2.70. The Labute approximate surface area is 111 Å². The van der Waals surface area contributed by atoms with Gasteiger partial charge in [0.05, 0.1) is 12.1 Å². The molecule has 5 nitrogen and oxygen atoms in total. The third-order valence-corrected chi connectivity index (χ3v) is 3.54. The normalized spacial score (nSPS) is 16.7. The lowest BCUT2D eigenvalue weighted by Crippen LogP contribution is -2.31. The molecule has 1 saturated carbocycles. The van der Waals surface area contributed by atoms with E-state index in [0.29, 0.717) is 18.0 Å². The minimum atomic E-state index is -0.0727. The van der Waals surface area contributed by atoms with E-state index in [1.165, 1.54) is 12.8 Å². The summed E-state index contributed by atoms with van der Waals surface area (Å²) in [4.78, 5) is 23.4. The molecule has 0 saturated heterocycles. The first kappa shape index (κ1) is 12.0. The molecular weight excluding hydrogens is 242 g/mol. The molecule has 0 spiro atoms.